The Hall–Kier alpha value is -2.31. The van der Waals surface area contributed by atoms with Crippen molar-refractivity contribution in [2.24, 2.45) is 0 Å². The number of rotatable bonds is 3. The molecule has 1 heterocycles. The molecule has 1 N–H and O–H groups in total. The maximum atomic E-state index is 13.7. The summed E-state index contributed by atoms with van der Waals surface area (Å²) in [5.74, 6) is -4.58. The van der Waals surface area contributed by atoms with Gasteiger partial charge in [0.2, 0.25) is 5.91 Å². The smallest absolute Gasteiger partial charge is 0.300 e. The second-order valence-electron chi connectivity index (χ2n) is 4.73. The van der Waals surface area contributed by atoms with Gasteiger partial charge in [-0.05, 0) is 19.9 Å². The topological polar surface area (TPSA) is 66.5 Å². The van der Waals surface area contributed by atoms with E-state index in [9.17, 15) is 23.2 Å². The standard InChI is InChI=1S/C13H12F2N2O3/c1-6(2)16-10(18)5-17-11-8(12(19)13(17)20)3-7(14)4-9(11)15/h3-4,6H,5H2,1-2H3,(H,16,18). The maximum absolute atomic E-state index is 13.7. The molecule has 7 heteroatoms. The van der Waals surface area contributed by atoms with Gasteiger partial charge in [-0.15, -0.1) is 0 Å². The van der Waals surface area contributed by atoms with Gasteiger partial charge in [0, 0.05) is 12.1 Å². The Balaban J connectivity index is 2.36. The molecule has 0 bridgehead atoms. The fourth-order valence-electron chi connectivity index (χ4n) is 2.01. The van der Waals surface area contributed by atoms with Gasteiger partial charge in [-0.2, -0.15) is 0 Å². The summed E-state index contributed by atoms with van der Waals surface area (Å²) in [7, 11) is 0. The van der Waals surface area contributed by atoms with Crippen molar-refractivity contribution < 1.29 is 23.2 Å². The van der Waals surface area contributed by atoms with Crippen molar-refractivity contribution in [1.29, 1.82) is 0 Å². The summed E-state index contributed by atoms with van der Waals surface area (Å²) in [5, 5.41) is 2.53. The zero-order valence-corrected chi connectivity index (χ0v) is 10.9. The van der Waals surface area contributed by atoms with Crippen LogP contribution in [-0.2, 0) is 9.59 Å². The number of Topliss-reactive ketones (excluding diaryl/α,β-unsaturated/α-hetero) is 1. The largest absolute Gasteiger partial charge is 0.352 e. The van der Waals surface area contributed by atoms with Crippen LogP contribution in [0.2, 0.25) is 0 Å². The van der Waals surface area contributed by atoms with E-state index in [0.717, 1.165) is 11.0 Å². The summed E-state index contributed by atoms with van der Waals surface area (Å²) in [6.07, 6.45) is 0. The molecule has 1 aliphatic rings. The van der Waals surface area contributed by atoms with Gasteiger partial charge < -0.3 is 5.32 Å². The Kier molecular flexibility index (Phi) is 3.52. The number of hydrogen-bond acceptors (Lipinski definition) is 3. The van der Waals surface area contributed by atoms with Crippen LogP contribution in [0.5, 0.6) is 0 Å². The van der Waals surface area contributed by atoms with E-state index >= 15 is 0 Å². The highest BCUT2D eigenvalue weighted by Gasteiger charge is 2.39. The minimum Gasteiger partial charge on any atom is -0.352 e. The van der Waals surface area contributed by atoms with Gasteiger partial charge in [0.25, 0.3) is 11.7 Å². The first-order valence-electron chi connectivity index (χ1n) is 5.96. The van der Waals surface area contributed by atoms with Gasteiger partial charge in [0.15, 0.2) is 5.82 Å². The van der Waals surface area contributed by atoms with Crippen molar-refractivity contribution in [3.63, 3.8) is 0 Å². The van der Waals surface area contributed by atoms with Crippen molar-refractivity contribution in [3.8, 4) is 0 Å². The fraction of sp³-hybridized carbons (Fsp3) is 0.308. The average Bonchev–Trinajstić information content (AvgIpc) is 2.53. The van der Waals surface area contributed by atoms with Crippen molar-refractivity contribution in [3.05, 3.63) is 29.3 Å². The van der Waals surface area contributed by atoms with E-state index in [2.05, 4.69) is 5.32 Å². The highest BCUT2D eigenvalue weighted by atomic mass is 19.1. The zero-order valence-electron chi connectivity index (χ0n) is 10.9. The number of carbonyl (C=O) groups is 3. The molecular formula is C13H12F2N2O3. The van der Waals surface area contributed by atoms with E-state index in [4.69, 9.17) is 0 Å². The third-order valence-corrected chi connectivity index (χ3v) is 2.73. The molecule has 0 saturated heterocycles. The molecule has 2 rings (SSSR count). The lowest BCUT2D eigenvalue weighted by Gasteiger charge is -2.17. The Morgan fingerprint density at radius 1 is 1.30 bits per heavy atom. The van der Waals surface area contributed by atoms with Crippen LogP contribution in [0, 0.1) is 11.6 Å². The lowest BCUT2D eigenvalue weighted by molar-refractivity contribution is -0.122. The number of carbonyl (C=O) groups excluding carboxylic acids is 3. The number of nitrogens with zero attached hydrogens (tertiary/aromatic N) is 1. The summed E-state index contributed by atoms with van der Waals surface area (Å²) in [6, 6.07) is 1.20. The van der Waals surface area contributed by atoms with Crippen LogP contribution in [0.25, 0.3) is 0 Å². The van der Waals surface area contributed by atoms with E-state index in [-0.39, 0.29) is 17.3 Å². The molecule has 0 unspecified atom stereocenters. The van der Waals surface area contributed by atoms with Crippen molar-refractivity contribution in [1.82, 2.24) is 5.32 Å². The number of benzene rings is 1. The van der Waals surface area contributed by atoms with Crippen LogP contribution in [-0.4, -0.2) is 30.2 Å². The van der Waals surface area contributed by atoms with Gasteiger partial charge >= 0.3 is 0 Å². The summed E-state index contributed by atoms with van der Waals surface area (Å²) in [4.78, 5) is 35.8. The summed E-state index contributed by atoms with van der Waals surface area (Å²) < 4.78 is 26.8. The Morgan fingerprint density at radius 3 is 2.55 bits per heavy atom. The van der Waals surface area contributed by atoms with E-state index in [1.54, 1.807) is 13.8 Å². The molecule has 1 aromatic rings. The first-order chi connectivity index (χ1) is 9.31. The molecule has 2 amide bonds. The maximum Gasteiger partial charge on any atom is 0.300 e. The van der Waals surface area contributed by atoms with Crippen molar-refractivity contribution in [2.75, 3.05) is 11.4 Å². The lowest BCUT2D eigenvalue weighted by Crippen LogP contribution is -2.42. The molecule has 0 spiro atoms. The highest BCUT2D eigenvalue weighted by molar-refractivity contribution is 6.52. The lowest BCUT2D eigenvalue weighted by atomic mass is 10.1. The molecule has 0 atom stereocenters. The Morgan fingerprint density at radius 2 is 1.95 bits per heavy atom. The van der Waals surface area contributed by atoms with Crippen LogP contribution in [0.15, 0.2) is 12.1 Å². The van der Waals surface area contributed by atoms with Gasteiger partial charge in [-0.3, -0.25) is 19.3 Å². The minimum atomic E-state index is -1.04. The van der Waals surface area contributed by atoms with E-state index in [1.807, 2.05) is 0 Å². The minimum absolute atomic E-state index is 0.159. The molecule has 0 aliphatic carbocycles. The molecule has 20 heavy (non-hydrogen) atoms. The van der Waals surface area contributed by atoms with Gasteiger partial charge in [0.05, 0.1) is 11.3 Å². The Labute approximate surface area is 113 Å². The van der Waals surface area contributed by atoms with Gasteiger partial charge in [-0.25, -0.2) is 8.78 Å². The number of ketones is 1. The van der Waals surface area contributed by atoms with Crippen LogP contribution in [0.1, 0.15) is 24.2 Å². The number of amides is 2. The number of hydrogen-bond donors (Lipinski definition) is 1. The SMILES string of the molecule is CC(C)NC(=O)CN1C(=O)C(=O)c2cc(F)cc(F)c21. The van der Waals surface area contributed by atoms with Crippen molar-refractivity contribution >= 4 is 23.3 Å². The van der Waals surface area contributed by atoms with Crippen molar-refractivity contribution in [2.45, 2.75) is 19.9 Å². The zero-order chi connectivity index (χ0) is 15.0. The second kappa shape index (κ2) is 4.99. The summed E-state index contributed by atoms with van der Waals surface area (Å²) in [5.41, 5.74) is -0.704. The average molecular weight is 282 g/mol. The molecule has 1 aromatic carbocycles. The second-order valence-corrected chi connectivity index (χ2v) is 4.73. The molecule has 0 fully saturated rings. The van der Waals surface area contributed by atoms with Crippen LogP contribution >= 0.6 is 0 Å². The molecule has 106 valence electrons. The monoisotopic (exact) mass is 282 g/mol. The van der Waals surface area contributed by atoms with E-state index in [0.29, 0.717) is 6.07 Å². The first kappa shape index (κ1) is 14.1. The number of anilines is 1. The molecule has 1 aliphatic heterocycles. The predicted molar refractivity (Wildman–Crippen MR) is 66.3 cm³/mol. The van der Waals surface area contributed by atoms with E-state index in [1.165, 1.54) is 0 Å². The number of nitrogens with one attached hydrogen (secondary N) is 1. The normalized spacial score (nSPS) is 13.9. The predicted octanol–water partition coefficient (Wildman–Crippen LogP) is 1.02. The molecule has 0 radical (unpaired) electrons. The van der Waals surface area contributed by atoms with Crippen LogP contribution < -0.4 is 10.2 Å². The first-order valence-corrected chi connectivity index (χ1v) is 5.96. The number of halogens is 2. The highest BCUT2D eigenvalue weighted by Crippen LogP contribution is 2.32. The van der Waals surface area contributed by atoms with E-state index < -0.39 is 35.8 Å². The molecule has 0 saturated carbocycles. The molecule has 5 nitrogen and oxygen atoms in total. The van der Waals surface area contributed by atoms with Gasteiger partial charge in [0.1, 0.15) is 12.4 Å². The fourth-order valence-corrected chi connectivity index (χ4v) is 2.01. The quantitative estimate of drug-likeness (QED) is 0.842. The molecular weight excluding hydrogens is 270 g/mol. The summed E-state index contributed by atoms with van der Waals surface area (Å²) >= 11 is 0. The van der Waals surface area contributed by atoms with Crippen LogP contribution in [0.4, 0.5) is 14.5 Å². The number of fused-ring (bicyclic) bond motifs is 1. The van der Waals surface area contributed by atoms with Crippen LogP contribution in [0.3, 0.4) is 0 Å². The van der Waals surface area contributed by atoms with Gasteiger partial charge in [-0.1, -0.05) is 0 Å². The Bertz CT molecular complexity index is 614. The molecule has 0 aromatic heterocycles. The summed E-state index contributed by atoms with van der Waals surface area (Å²) in [6.45, 7) is 2.95. The third kappa shape index (κ3) is 2.38. The third-order valence-electron chi connectivity index (χ3n) is 2.73.